The molecule has 0 saturated heterocycles. The van der Waals surface area contributed by atoms with Crippen LogP contribution < -0.4 is 15.5 Å². The van der Waals surface area contributed by atoms with E-state index >= 15 is 0 Å². The van der Waals surface area contributed by atoms with Crippen LogP contribution in [0.3, 0.4) is 0 Å². The second-order valence-electron chi connectivity index (χ2n) is 6.03. The van der Waals surface area contributed by atoms with E-state index in [9.17, 15) is 0 Å². The van der Waals surface area contributed by atoms with Crippen LogP contribution in [0.2, 0.25) is 0 Å². The molecule has 0 aliphatic heterocycles. The van der Waals surface area contributed by atoms with Crippen LogP contribution in [0.1, 0.15) is 18.3 Å². The number of anilines is 1. The zero-order chi connectivity index (χ0) is 18.1. The number of guanidine groups is 1. The van der Waals surface area contributed by atoms with Crippen LogP contribution in [0.4, 0.5) is 5.69 Å². The summed E-state index contributed by atoms with van der Waals surface area (Å²) in [4.78, 5) is 6.37. The standard InChI is InChI=1S/C18H29N7/c1-5-17-23-22-14-25(17)13-12-21-18(19-2)20-11-10-15-6-8-16(9-7-15)24(3)4/h6-9,14H,5,10-13H2,1-4H3,(H2,19,20,21). The number of aryl methyl sites for hydroxylation is 1. The van der Waals surface area contributed by atoms with Gasteiger partial charge in [-0.2, -0.15) is 0 Å². The highest BCUT2D eigenvalue weighted by Crippen LogP contribution is 2.12. The molecule has 2 aromatic rings. The Morgan fingerprint density at radius 1 is 1.16 bits per heavy atom. The molecule has 0 amide bonds. The van der Waals surface area contributed by atoms with Crippen molar-refractivity contribution in [1.29, 1.82) is 0 Å². The lowest BCUT2D eigenvalue weighted by atomic mass is 10.1. The number of aliphatic imine (C=N–C) groups is 1. The second kappa shape index (κ2) is 9.66. The zero-order valence-electron chi connectivity index (χ0n) is 15.7. The molecule has 0 saturated carbocycles. The minimum absolute atomic E-state index is 0.780. The van der Waals surface area contributed by atoms with E-state index < -0.39 is 0 Å². The van der Waals surface area contributed by atoms with Gasteiger partial charge >= 0.3 is 0 Å². The van der Waals surface area contributed by atoms with E-state index in [0.29, 0.717) is 0 Å². The normalized spacial score (nSPS) is 11.4. The van der Waals surface area contributed by atoms with Gasteiger partial charge in [-0.25, -0.2) is 0 Å². The SMILES string of the molecule is CCc1nncn1CCNC(=NC)NCCc1ccc(N(C)C)cc1. The number of aromatic nitrogens is 3. The van der Waals surface area contributed by atoms with Crippen molar-refractivity contribution in [3.63, 3.8) is 0 Å². The van der Waals surface area contributed by atoms with E-state index in [1.807, 2.05) is 0 Å². The number of nitrogens with zero attached hydrogens (tertiary/aromatic N) is 5. The highest BCUT2D eigenvalue weighted by atomic mass is 15.3. The molecule has 1 aromatic carbocycles. The largest absolute Gasteiger partial charge is 0.378 e. The first-order valence-corrected chi connectivity index (χ1v) is 8.71. The number of hydrogen-bond donors (Lipinski definition) is 2. The number of rotatable bonds is 8. The summed E-state index contributed by atoms with van der Waals surface area (Å²) < 4.78 is 2.06. The van der Waals surface area contributed by atoms with Gasteiger partial charge in [-0.05, 0) is 24.1 Å². The highest BCUT2D eigenvalue weighted by molar-refractivity contribution is 5.79. The molecule has 1 aromatic heterocycles. The molecular formula is C18H29N7. The van der Waals surface area contributed by atoms with Crippen molar-refractivity contribution in [1.82, 2.24) is 25.4 Å². The lowest BCUT2D eigenvalue weighted by Gasteiger charge is -2.14. The molecule has 0 aliphatic carbocycles. The molecule has 0 fully saturated rings. The van der Waals surface area contributed by atoms with Crippen LogP contribution >= 0.6 is 0 Å². The molecule has 7 nitrogen and oxygen atoms in total. The minimum atomic E-state index is 0.780. The van der Waals surface area contributed by atoms with Gasteiger partial charge in [-0.3, -0.25) is 4.99 Å². The van der Waals surface area contributed by atoms with E-state index in [-0.39, 0.29) is 0 Å². The molecule has 0 aliphatic rings. The van der Waals surface area contributed by atoms with Crippen LogP contribution in [0.25, 0.3) is 0 Å². The Morgan fingerprint density at radius 3 is 2.52 bits per heavy atom. The lowest BCUT2D eigenvalue weighted by molar-refractivity contribution is 0.632. The Labute approximate surface area is 150 Å². The van der Waals surface area contributed by atoms with Gasteiger partial charge in [0.2, 0.25) is 0 Å². The molecule has 2 rings (SSSR count). The van der Waals surface area contributed by atoms with Gasteiger partial charge in [0.15, 0.2) is 5.96 Å². The summed E-state index contributed by atoms with van der Waals surface area (Å²) in [6.07, 6.45) is 3.62. The molecule has 1 heterocycles. The fourth-order valence-electron chi connectivity index (χ4n) is 2.54. The molecular weight excluding hydrogens is 314 g/mol. The van der Waals surface area contributed by atoms with E-state index in [0.717, 1.165) is 44.3 Å². The van der Waals surface area contributed by atoms with Crippen LogP contribution in [0.5, 0.6) is 0 Å². The van der Waals surface area contributed by atoms with E-state index in [1.54, 1.807) is 13.4 Å². The van der Waals surface area contributed by atoms with Crippen molar-refractivity contribution in [2.45, 2.75) is 26.3 Å². The summed E-state index contributed by atoms with van der Waals surface area (Å²) in [5, 5.41) is 14.7. The third-order valence-electron chi connectivity index (χ3n) is 4.04. The van der Waals surface area contributed by atoms with E-state index in [1.165, 1.54) is 11.3 Å². The first-order valence-electron chi connectivity index (χ1n) is 8.71. The quantitative estimate of drug-likeness (QED) is 0.559. The third-order valence-corrected chi connectivity index (χ3v) is 4.04. The first-order chi connectivity index (χ1) is 12.1. The lowest BCUT2D eigenvalue weighted by Crippen LogP contribution is -2.39. The van der Waals surface area contributed by atoms with Gasteiger partial charge in [0.25, 0.3) is 0 Å². The van der Waals surface area contributed by atoms with Crippen LogP contribution in [-0.4, -0.2) is 55.0 Å². The van der Waals surface area contributed by atoms with Crippen molar-refractivity contribution in [3.05, 3.63) is 42.0 Å². The van der Waals surface area contributed by atoms with E-state index in [2.05, 4.69) is 80.6 Å². The minimum Gasteiger partial charge on any atom is -0.378 e. The summed E-state index contributed by atoms with van der Waals surface area (Å²) >= 11 is 0. The Bertz CT molecular complexity index is 658. The summed E-state index contributed by atoms with van der Waals surface area (Å²) in [5.74, 6) is 1.82. The summed E-state index contributed by atoms with van der Waals surface area (Å²) in [6, 6.07) is 8.64. The van der Waals surface area contributed by atoms with Crippen LogP contribution in [0.15, 0.2) is 35.6 Å². The molecule has 25 heavy (non-hydrogen) atoms. The Morgan fingerprint density at radius 2 is 1.88 bits per heavy atom. The molecule has 0 atom stereocenters. The van der Waals surface area contributed by atoms with Gasteiger partial charge in [-0.15, -0.1) is 10.2 Å². The van der Waals surface area contributed by atoms with E-state index in [4.69, 9.17) is 0 Å². The molecule has 0 bridgehead atoms. The van der Waals surface area contributed by atoms with Crippen molar-refractivity contribution in [3.8, 4) is 0 Å². The number of nitrogens with one attached hydrogen (secondary N) is 2. The van der Waals surface area contributed by atoms with Crippen molar-refractivity contribution in [2.24, 2.45) is 4.99 Å². The highest BCUT2D eigenvalue weighted by Gasteiger charge is 2.02. The molecule has 7 heteroatoms. The molecule has 0 spiro atoms. The average molecular weight is 343 g/mol. The fourth-order valence-corrected chi connectivity index (χ4v) is 2.54. The molecule has 0 unspecified atom stereocenters. The van der Waals surface area contributed by atoms with Crippen molar-refractivity contribution >= 4 is 11.6 Å². The summed E-state index contributed by atoms with van der Waals surface area (Å²) in [6.45, 7) is 4.53. The number of hydrogen-bond acceptors (Lipinski definition) is 4. The maximum atomic E-state index is 4.27. The first kappa shape index (κ1) is 18.8. The zero-order valence-corrected chi connectivity index (χ0v) is 15.7. The Kier molecular flexibility index (Phi) is 7.25. The topological polar surface area (TPSA) is 70.4 Å². The Hall–Kier alpha value is -2.57. The van der Waals surface area contributed by atoms with Crippen molar-refractivity contribution in [2.75, 3.05) is 39.1 Å². The molecule has 136 valence electrons. The molecule has 2 N–H and O–H groups in total. The maximum absolute atomic E-state index is 4.27. The Balaban J connectivity index is 1.71. The fraction of sp³-hybridized carbons (Fsp3) is 0.500. The third kappa shape index (κ3) is 5.77. The monoisotopic (exact) mass is 343 g/mol. The van der Waals surface area contributed by atoms with Gasteiger partial charge in [-0.1, -0.05) is 19.1 Å². The van der Waals surface area contributed by atoms with Gasteiger partial charge in [0.1, 0.15) is 12.2 Å². The molecule has 0 radical (unpaired) electrons. The smallest absolute Gasteiger partial charge is 0.191 e. The van der Waals surface area contributed by atoms with Gasteiger partial charge in [0.05, 0.1) is 0 Å². The summed E-state index contributed by atoms with van der Waals surface area (Å²) in [5.41, 5.74) is 2.53. The van der Waals surface area contributed by atoms with Gasteiger partial charge in [0, 0.05) is 52.9 Å². The van der Waals surface area contributed by atoms with Crippen molar-refractivity contribution < 1.29 is 0 Å². The predicted octanol–water partition coefficient (Wildman–Crippen LogP) is 1.31. The van der Waals surface area contributed by atoms with Crippen LogP contribution in [0, 0.1) is 0 Å². The summed E-state index contributed by atoms with van der Waals surface area (Å²) in [7, 11) is 5.89. The maximum Gasteiger partial charge on any atom is 0.191 e. The predicted molar refractivity (Wildman–Crippen MR) is 103 cm³/mol. The second-order valence-corrected chi connectivity index (χ2v) is 6.03. The average Bonchev–Trinajstić information content (AvgIpc) is 3.08. The van der Waals surface area contributed by atoms with Gasteiger partial charge < -0.3 is 20.1 Å². The number of benzene rings is 1. The van der Waals surface area contributed by atoms with Crippen LogP contribution in [-0.2, 0) is 19.4 Å².